The summed E-state index contributed by atoms with van der Waals surface area (Å²) in [4.78, 5) is 22.4. The lowest BCUT2D eigenvalue weighted by atomic mass is 10.0. The van der Waals surface area contributed by atoms with Gasteiger partial charge in [-0.3, -0.25) is 9.59 Å². The highest BCUT2D eigenvalue weighted by atomic mass is 16.5. The van der Waals surface area contributed by atoms with Gasteiger partial charge in [0.1, 0.15) is 12.2 Å². The molecule has 0 heterocycles. The Hall–Kier alpha value is -0.860. The van der Waals surface area contributed by atoms with E-state index in [1.807, 2.05) is 0 Å². The van der Waals surface area contributed by atoms with E-state index < -0.39 is 0 Å². The quantitative estimate of drug-likeness (QED) is 0.493. The van der Waals surface area contributed by atoms with Gasteiger partial charge in [-0.2, -0.15) is 0 Å². The number of ether oxygens (including phenoxy) is 1. The molecule has 3 nitrogen and oxygen atoms in total. The van der Waals surface area contributed by atoms with Crippen molar-refractivity contribution in [1.82, 2.24) is 0 Å². The van der Waals surface area contributed by atoms with Gasteiger partial charge in [0.05, 0.1) is 6.61 Å². The third kappa shape index (κ3) is 3.17. The van der Waals surface area contributed by atoms with Crippen LogP contribution < -0.4 is 0 Å². The first-order valence-electron chi connectivity index (χ1n) is 4.92. The first-order chi connectivity index (χ1) is 6.24. The van der Waals surface area contributed by atoms with Crippen LogP contribution in [-0.2, 0) is 14.3 Å². The van der Waals surface area contributed by atoms with Crippen molar-refractivity contribution < 1.29 is 14.3 Å². The average Bonchev–Trinajstić information content (AvgIpc) is 2.55. The van der Waals surface area contributed by atoms with Gasteiger partial charge in [-0.05, 0) is 19.8 Å². The number of esters is 1. The molecule has 0 aromatic rings. The number of hydrogen-bond donors (Lipinski definition) is 0. The fourth-order valence-corrected chi connectivity index (χ4v) is 1.75. The summed E-state index contributed by atoms with van der Waals surface area (Å²) >= 11 is 0. The van der Waals surface area contributed by atoms with Crippen LogP contribution in [-0.4, -0.2) is 18.4 Å². The van der Waals surface area contributed by atoms with E-state index >= 15 is 0 Å². The predicted octanol–water partition coefficient (Wildman–Crippen LogP) is 1.70. The Morgan fingerprint density at radius 1 is 1.31 bits per heavy atom. The standard InChI is InChI=1S/C10H16O3/c1-2-13-10(12)7-9(11)8-5-3-4-6-8/h8H,2-7H2,1H3. The molecule has 0 unspecified atom stereocenters. The Morgan fingerprint density at radius 3 is 2.46 bits per heavy atom. The Bertz CT molecular complexity index is 192. The molecule has 0 aromatic heterocycles. The Balaban J connectivity index is 2.27. The maximum Gasteiger partial charge on any atom is 0.313 e. The lowest BCUT2D eigenvalue weighted by Crippen LogP contribution is -2.17. The first-order valence-corrected chi connectivity index (χ1v) is 4.92. The van der Waals surface area contributed by atoms with Crippen LogP contribution in [0, 0.1) is 5.92 Å². The summed E-state index contributed by atoms with van der Waals surface area (Å²) in [6.07, 6.45) is 4.13. The zero-order valence-corrected chi connectivity index (χ0v) is 8.04. The predicted molar refractivity (Wildman–Crippen MR) is 48.2 cm³/mol. The molecule has 1 fully saturated rings. The molecule has 0 N–H and O–H groups in total. The van der Waals surface area contributed by atoms with Gasteiger partial charge in [-0.25, -0.2) is 0 Å². The van der Waals surface area contributed by atoms with E-state index in [2.05, 4.69) is 0 Å². The number of Topliss-reactive ketones (excluding diaryl/α,β-unsaturated/α-hetero) is 1. The summed E-state index contributed by atoms with van der Waals surface area (Å²) in [5.74, 6) is -0.181. The first kappa shape index (κ1) is 10.2. The molecule has 0 amide bonds. The van der Waals surface area contributed by atoms with Crippen LogP contribution >= 0.6 is 0 Å². The van der Waals surface area contributed by atoms with E-state index in [1.165, 1.54) is 0 Å². The van der Waals surface area contributed by atoms with Crippen molar-refractivity contribution in [2.45, 2.75) is 39.0 Å². The summed E-state index contributed by atoms with van der Waals surface area (Å²) in [6.45, 7) is 2.11. The molecule has 0 saturated heterocycles. The van der Waals surface area contributed by atoms with Crippen molar-refractivity contribution in [2.75, 3.05) is 6.61 Å². The number of carbonyl (C=O) groups is 2. The summed E-state index contributed by atoms with van der Waals surface area (Å²) in [6, 6.07) is 0. The number of hydrogen-bond acceptors (Lipinski definition) is 3. The molecule has 0 spiro atoms. The van der Waals surface area contributed by atoms with E-state index in [0.29, 0.717) is 6.61 Å². The summed E-state index contributed by atoms with van der Waals surface area (Å²) in [7, 11) is 0. The highest BCUT2D eigenvalue weighted by Crippen LogP contribution is 2.26. The third-order valence-corrected chi connectivity index (χ3v) is 2.43. The highest BCUT2D eigenvalue weighted by molar-refractivity contribution is 5.96. The van der Waals surface area contributed by atoms with Crippen LogP contribution in [0.4, 0.5) is 0 Å². The molecule has 0 aromatic carbocycles. The van der Waals surface area contributed by atoms with Gasteiger partial charge >= 0.3 is 5.97 Å². The van der Waals surface area contributed by atoms with Crippen molar-refractivity contribution in [3.8, 4) is 0 Å². The zero-order chi connectivity index (χ0) is 9.68. The molecular formula is C10H16O3. The minimum absolute atomic E-state index is 0.0293. The second-order valence-corrected chi connectivity index (χ2v) is 3.43. The molecule has 74 valence electrons. The van der Waals surface area contributed by atoms with Gasteiger partial charge in [0.25, 0.3) is 0 Å². The van der Waals surface area contributed by atoms with E-state index in [4.69, 9.17) is 4.74 Å². The van der Waals surface area contributed by atoms with Crippen LogP contribution in [0.3, 0.4) is 0 Å². The smallest absolute Gasteiger partial charge is 0.313 e. The van der Waals surface area contributed by atoms with Crippen molar-refractivity contribution in [3.05, 3.63) is 0 Å². The van der Waals surface area contributed by atoms with Crippen molar-refractivity contribution in [3.63, 3.8) is 0 Å². The minimum atomic E-state index is -0.376. The molecule has 1 saturated carbocycles. The molecule has 0 atom stereocenters. The van der Waals surface area contributed by atoms with Crippen LogP contribution in [0.25, 0.3) is 0 Å². The van der Waals surface area contributed by atoms with Crippen molar-refractivity contribution in [2.24, 2.45) is 5.92 Å². The van der Waals surface area contributed by atoms with Crippen molar-refractivity contribution >= 4 is 11.8 Å². The lowest BCUT2D eigenvalue weighted by molar-refractivity contribution is -0.146. The third-order valence-electron chi connectivity index (χ3n) is 2.43. The minimum Gasteiger partial charge on any atom is -0.466 e. The van der Waals surface area contributed by atoms with E-state index in [1.54, 1.807) is 6.92 Å². The number of ketones is 1. The molecule has 0 radical (unpaired) electrons. The monoisotopic (exact) mass is 184 g/mol. The molecule has 3 heteroatoms. The fourth-order valence-electron chi connectivity index (χ4n) is 1.75. The summed E-state index contributed by atoms with van der Waals surface area (Å²) in [5, 5.41) is 0. The Morgan fingerprint density at radius 2 is 1.92 bits per heavy atom. The van der Waals surface area contributed by atoms with E-state index in [-0.39, 0.29) is 24.1 Å². The Kier molecular flexibility index (Phi) is 3.93. The van der Waals surface area contributed by atoms with Gasteiger partial charge in [0.15, 0.2) is 0 Å². The van der Waals surface area contributed by atoms with Gasteiger partial charge in [0, 0.05) is 5.92 Å². The fraction of sp³-hybridized carbons (Fsp3) is 0.800. The second-order valence-electron chi connectivity index (χ2n) is 3.43. The van der Waals surface area contributed by atoms with Crippen LogP contribution in [0.1, 0.15) is 39.0 Å². The molecule has 0 bridgehead atoms. The average molecular weight is 184 g/mol. The summed E-state index contributed by atoms with van der Waals surface area (Å²) < 4.78 is 4.71. The number of carbonyl (C=O) groups excluding carboxylic acids is 2. The SMILES string of the molecule is CCOC(=O)CC(=O)C1CCCC1. The van der Waals surface area contributed by atoms with E-state index in [0.717, 1.165) is 25.7 Å². The molecule has 1 aliphatic carbocycles. The molecule has 1 rings (SSSR count). The van der Waals surface area contributed by atoms with Gasteiger partial charge < -0.3 is 4.74 Å². The molecule has 1 aliphatic rings. The van der Waals surface area contributed by atoms with Gasteiger partial charge in [-0.15, -0.1) is 0 Å². The lowest BCUT2D eigenvalue weighted by Gasteiger charge is -2.06. The molecular weight excluding hydrogens is 168 g/mol. The largest absolute Gasteiger partial charge is 0.466 e. The normalized spacial score (nSPS) is 17.3. The van der Waals surface area contributed by atoms with Gasteiger partial charge in [-0.1, -0.05) is 12.8 Å². The second kappa shape index (κ2) is 5.00. The van der Waals surface area contributed by atoms with Crippen molar-refractivity contribution in [1.29, 1.82) is 0 Å². The number of rotatable bonds is 4. The molecule has 13 heavy (non-hydrogen) atoms. The van der Waals surface area contributed by atoms with Crippen LogP contribution in [0.5, 0.6) is 0 Å². The van der Waals surface area contributed by atoms with E-state index in [9.17, 15) is 9.59 Å². The maximum atomic E-state index is 11.4. The Labute approximate surface area is 78.5 Å². The van der Waals surface area contributed by atoms with Gasteiger partial charge in [0.2, 0.25) is 0 Å². The topological polar surface area (TPSA) is 43.4 Å². The van der Waals surface area contributed by atoms with Crippen LogP contribution in [0.15, 0.2) is 0 Å². The molecule has 0 aliphatic heterocycles. The zero-order valence-electron chi connectivity index (χ0n) is 8.04. The van der Waals surface area contributed by atoms with Crippen LogP contribution in [0.2, 0.25) is 0 Å². The maximum absolute atomic E-state index is 11.4. The summed E-state index contributed by atoms with van der Waals surface area (Å²) in [5.41, 5.74) is 0. The highest BCUT2D eigenvalue weighted by Gasteiger charge is 2.24.